The fourth-order valence-electron chi connectivity index (χ4n) is 2.81. The Kier molecular flexibility index (Phi) is 5.90. The molecule has 0 fully saturated rings. The van der Waals surface area contributed by atoms with Gasteiger partial charge in [0.25, 0.3) is 5.91 Å². The van der Waals surface area contributed by atoms with Gasteiger partial charge in [-0.25, -0.2) is 5.43 Å². The minimum Gasteiger partial charge on any atom is -0.318 e. The Morgan fingerprint density at radius 2 is 1.74 bits per heavy atom. The van der Waals surface area contributed by atoms with E-state index in [1.807, 2.05) is 36.6 Å². The van der Waals surface area contributed by atoms with Crippen molar-refractivity contribution in [3.05, 3.63) is 86.1 Å². The maximum atomic E-state index is 12.2. The lowest BCUT2D eigenvalue weighted by atomic mass is 10.2. The van der Waals surface area contributed by atoms with Gasteiger partial charge in [-0.3, -0.25) is 4.79 Å². The van der Waals surface area contributed by atoms with Gasteiger partial charge in [-0.2, -0.15) is 5.10 Å². The predicted molar refractivity (Wildman–Crippen MR) is 112 cm³/mol. The maximum absolute atomic E-state index is 12.2. The van der Waals surface area contributed by atoms with E-state index < -0.39 is 0 Å². The molecule has 27 heavy (non-hydrogen) atoms. The van der Waals surface area contributed by atoms with Crippen LogP contribution >= 0.6 is 34.8 Å². The van der Waals surface area contributed by atoms with Crippen LogP contribution in [0.3, 0.4) is 0 Å². The molecule has 1 aromatic heterocycles. The van der Waals surface area contributed by atoms with E-state index in [1.54, 1.807) is 36.5 Å². The molecule has 0 saturated carbocycles. The number of hydrazone groups is 1. The van der Waals surface area contributed by atoms with E-state index in [4.69, 9.17) is 34.8 Å². The summed E-state index contributed by atoms with van der Waals surface area (Å²) < 4.78 is 2.04. The summed E-state index contributed by atoms with van der Waals surface area (Å²) in [5.74, 6) is -0.366. The molecule has 3 rings (SSSR count). The molecular weight excluding hydrogens is 405 g/mol. The molecule has 138 valence electrons. The topological polar surface area (TPSA) is 46.4 Å². The molecule has 0 saturated heterocycles. The Balaban J connectivity index is 1.82. The van der Waals surface area contributed by atoms with E-state index in [0.29, 0.717) is 20.6 Å². The van der Waals surface area contributed by atoms with Gasteiger partial charge in [-0.1, -0.05) is 46.9 Å². The van der Waals surface area contributed by atoms with Crippen molar-refractivity contribution in [3.8, 4) is 5.69 Å². The Labute approximate surface area is 172 Å². The number of aryl methyl sites for hydroxylation is 1. The van der Waals surface area contributed by atoms with Crippen LogP contribution in [0.5, 0.6) is 0 Å². The normalized spacial score (nSPS) is 11.1. The van der Waals surface area contributed by atoms with E-state index in [2.05, 4.69) is 10.5 Å². The van der Waals surface area contributed by atoms with Crippen LogP contribution < -0.4 is 5.43 Å². The molecule has 2 aromatic carbocycles. The van der Waals surface area contributed by atoms with Gasteiger partial charge in [0, 0.05) is 22.6 Å². The largest absolute Gasteiger partial charge is 0.318 e. The second kappa shape index (κ2) is 8.17. The number of benzene rings is 2. The highest BCUT2D eigenvalue weighted by molar-refractivity contribution is 6.42. The standard InChI is InChI=1S/C20H16Cl3N3O/c1-12-9-14(11-24-25-20(27)16-5-3-4-6-17(16)21)13(2)26(12)15-7-8-18(22)19(23)10-15/h3-11H,1-2H3,(H,25,27)/b24-11-. The summed E-state index contributed by atoms with van der Waals surface area (Å²) in [7, 11) is 0. The van der Waals surface area contributed by atoms with Gasteiger partial charge in [0.15, 0.2) is 0 Å². The average molecular weight is 421 g/mol. The number of hydrogen-bond acceptors (Lipinski definition) is 2. The third-order valence-electron chi connectivity index (χ3n) is 4.12. The molecule has 7 heteroatoms. The van der Waals surface area contributed by atoms with Gasteiger partial charge in [0.05, 0.1) is 26.8 Å². The first-order chi connectivity index (χ1) is 12.9. The molecule has 4 nitrogen and oxygen atoms in total. The molecule has 0 atom stereocenters. The quantitative estimate of drug-likeness (QED) is 0.419. The SMILES string of the molecule is Cc1cc(/C=N\NC(=O)c2ccccc2Cl)c(C)n1-c1ccc(Cl)c(Cl)c1. The summed E-state index contributed by atoms with van der Waals surface area (Å²) in [5, 5.41) is 5.43. The second-order valence-corrected chi connectivity index (χ2v) is 7.16. The lowest BCUT2D eigenvalue weighted by Crippen LogP contribution is -2.18. The van der Waals surface area contributed by atoms with Crippen LogP contribution in [0.4, 0.5) is 0 Å². The lowest BCUT2D eigenvalue weighted by molar-refractivity contribution is 0.0955. The molecule has 1 heterocycles. The van der Waals surface area contributed by atoms with Crippen molar-refractivity contribution in [1.29, 1.82) is 0 Å². The Bertz CT molecular complexity index is 1040. The molecule has 0 radical (unpaired) electrons. The number of nitrogens with zero attached hydrogens (tertiary/aromatic N) is 2. The van der Waals surface area contributed by atoms with E-state index in [9.17, 15) is 4.79 Å². The first-order valence-electron chi connectivity index (χ1n) is 8.11. The molecule has 3 aromatic rings. The predicted octanol–water partition coefficient (Wildman–Crippen LogP) is 5.82. The smallest absolute Gasteiger partial charge is 0.272 e. The molecule has 0 aliphatic rings. The lowest BCUT2D eigenvalue weighted by Gasteiger charge is -2.10. The molecule has 1 N–H and O–H groups in total. The zero-order valence-electron chi connectivity index (χ0n) is 14.6. The van der Waals surface area contributed by atoms with Crippen LogP contribution in [0.15, 0.2) is 53.6 Å². The van der Waals surface area contributed by atoms with E-state index >= 15 is 0 Å². The van der Waals surface area contributed by atoms with Crippen LogP contribution in [-0.2, 0) is 0 Å². The van der Waals surface area contributed by atoms with Crippen molar-refractivity contribution >= 4 is 46.9 Å². The Hall–Kier alpha value is -2.27. The highest BCUT2D eigenvalue weighted by Gasteiger charge is 2.12. The van der Waals surface area contributed by atoms with E-state index in [1.165, 1.54) is 0 Å². The van der Waals surface area contributed by atoms with Crippen molar-refractivity contribution in [3.63, 3.8) is 0 Å². The van der Waals surface area contributed by atoms with Crippen LogP contribution in [0.2, 0.25) is 15.1 Å². The van der Waals surface area contributed by atoms with Crippen molar-refractivity contribution in [2.24, 2.45) is 5.10 Å². The number of carbonyl (C=O) groups excluding carboxylic acids is 1. The van der Waals surface area contributed by atoms with Gasteiger partial charge in [-0.05, 0) is 50.2 Å². The molecule has 1 amide bonds. The minimum absolute atomic E-state index is 0.366. The Morgan fingerprint density at radius 1 is 1.00 bits per heavy atom. The third kappa shape index (κ3) is 4.19. The number of amides is 1. The first-order valence-corrected chi connectivity index (χ1v) is 9.24. The summed E-state index contributed by atoms with van der Waals surface area (Å²) in [6.45, 7) is 3.95. The van der Waals surface area contributed by atoms with Gasteiger partial charge < -0.3 is 4.57 Å². The summed E-state index contributed by atoms with van der Waals surface area (Å²) in [4.78, 5) is 12.2. The monoisotopic (exact) mass is 419 g/mol. The summed E-state index contributed by atoms with van der Waals surface area (Å²) in [5.41, 5.74) is 6.61. The van der Waals surface area contributed by atoms with E-state index in [-0.39, 0.29) is 5.91 Å². The van der Waals surface area contributed by atoms with Crippen molar-refractivity contribution in [2.45, 2.75) is 13.8 Å². The molecule has 0 unspecified atom stereocenters. The zero-order valence-corrected chi connectivity index (χ0v) is 16.9. The van der Waals surface area contributed by atoms with Gasteiger partial charge in [0.2, 0.25) is 0 Å². The van der Waals surface area contributed by atoms with Crippen molar-refractivity contribution in [1.82, 2.24) is 9.99 Å². The van der Waals surface area contributed by atoms with Crippen LogP contribution in [0.1, 0.15) is 27.3 Å². The minimum atomic E-state index is -0.366. The second-order valence-electron chi connectivity index (χ2n) is 5.94. The molecule has 0 aliphatic heterocycles. The number of rotatable bonds is 4. The number of hydrogen-bond donors (Lipinski definition) is 1. The average Bonchev–Trinajstić information content (AvgIpc) is 2.91. The van der Waals surface area contributed by atoms with Gasteiger partial charge >= 0.3 is 0 Å². The third-order valence-corrected chi connectivity index (χ3v) is 5.19. The Morgan fingerprint density at radius 3 is 2.44 bits per heavy atom. The summed E-state index contributed by atoms with van der Waals surface area (Å²) in [6.07, 6.45) is 1.60. The van der Waals surface area contributed by atoms with Gasteiger partial charge in [-0.15, -0.1) is 0 Å². The highest BCUT2D eigenvalue weighted by Crippen LogP contribution is 2.27. The first kappa shape index (κ1) is 19.5. The summed E-state index contributed by atoms with van der Waals surface area (Å²) >= 11 is 18.2. The number of carbonyl (C=O) groups is 1. The molecule has 0 spiro atoms. The fraction of sp³-hybridized carbons (Fsp3) is 0.100. The van der Waals surface area contributed by atoms with Crippen LogP contribution in [-0.4, -0.2) is 16.7 Å². The molecule has 0 bridgehead atoms. The number of halogens is 3. The fourth-order valence-corrected chi connectivity index (χ4v) is 3.32. The zero-order chi connectivity index (χ0) is 19.6. The molecular formula is C20H16Cl3N3O. The highest BCUT2D eigenvalue weighted by atomic mass is 35.5. The van der Waals surface area contributed by atoms with E-state index in [0.717, 1.165) is 22.6 Å². The van der Waals surface area contributed by atoms with Gasteiger partial charge in [0.1, 0.15) is 0 Å². The van der Waals surface area contributed by atoms with Crippen molar-refractivity contribution in [2.75, 3.05) is 0 Å². The molecule has 0 aliphatic carbocycles. The van der Waals surface area contributed by atoms with Crippen LogP contribution in [0.25, 0.3) is 5.69 Å². The number of nitrogens with one attached hydrogen (secondary N) is 1. The summed E-state index contributed by atoms with van der Waals surface area (Å²) in [6, 6.07) is 14.3. The maximum Gasteiger partial charge on any atom is 0.272 e. The van der Waals surface area contributed by atoms with Crippen LogP contribution in [0, 0.1) is 13.8 Å². The van der Waals surface area contributed by atoms with Crippen molar-refractivity contribution < 1.29 is 4.79 Å². The number of aromatic nitrogens is 1.